The minimum Gasteiger partial charge on any atom is -0.481 e. The lowest BCUT2D eigenvalue weighted by Crippen LogP contribution is -2.32. The van der Waals surface area contributed by atoms with Gasteiger partial charge in [-0.15, -0.1) is 0 Å². The molecule has 0 aromatic heterocycles. The highest BCUT2D eigenvalue weighted by atomic mass is 16.4. The first-order chi connectivity index (χ1) is 6.59. The predicted molar refractivity (Wildman–Crippen MR) is 53.1 cm³/mol. The second kappa shape index (κ2) is 5.32. The Morgan fingerprint density at radius 3 is 2.86 bits per heavy atom. The fraction of sp³-hybridized carbons (Fsp3) is 0.900. The van der Waals surface area contributed by atoms with Gasteiger partial charge in [0.15, 0.2) is 0 Å². The smallest absolute Gasteiger partial charge is 0.307 e. The third-order valence-corrected chi connectivity index (χ3v) is 2.74. The molecular formula is C10H19NO3. The number of hydrogen-bond acceptors (Lipinski definition) is 3. The lowest BCUT2D eigenvalue weighted by atomic mass is 10.1. The van der Waals surface area contributed by atoms with Crippen molar-refractivity contribution in [1.82, 2.24) is 4.90 Å². The summed E-state index contributed by atoms with van der Waals surface area (Å²) >= 11 is 0. The van der Waals surface area contributed by atoms with Crippen molar-refractivity contribution in [2.24, 2.45) is 5.92 Å². The number of likely N-dealkylation sites (tertiary alicyclic amines) is 1. The number of carbonyl (C=O) groups is 1. The largest absolute Gasteiger partial charge is 0.481 e. The maximum absolute atomic E-state index is 10.6. The van der Waals surface area contributed by atoms with Crippen LogP contribution in [0.2, 0.25) is 0 Å². The Labute approximate surface area is 84.5 Å². The van der Waals surface area contributed by atoms with Crippen molar-refractivity contribution < 1.29 is 15.0 Å². The maximum atomic E-state index is 10.6. The lowest BCUT2D eigenvalue weighted by Gasteiger charge is -2.21. The van der Waals surface area contributed by atoms with Crippen LogP contribution in [0.4, 0.5) is 0 Å². The molecule has 1 fully saturated rings. The van der Waals surface area contributed by atoms with Crippen molar-refractivity contribution in [3.63, 3.8) is 0 Å². The third kappa shape index (κ3) is 3.64. The molecule has 14 heavy (non-hydrogen) atoms. The maximum Gasteiger partial charge on any atom is 0.307 e. The standard InChI is InChI=1S/C10H19NO3/c1-8(10(13)14)7-11-5-2-3-9(12)4-6-11/h8-9,12H,2-7H2,1H3,(H,13,14). The normalized spacial score (nSPS) is 26.9. The molecule has 2 unspecified atom stereocenters. The molecule has 0 radical (unpaired) electrons. The van der Waals surface area contributed by atoms with E-state index < -0.39 is 5.97 Å². The minimum absolute atomic E-state index is 0.194. The van der Waals surface area contributed by atoms with Gasteiger partial charge in [0.25, 0.3) is 0 Å². The Bertz CT molecular complexity index is 196. The van der Waals surface area contributed by atoms with E-state index in [9.17, 15) is 9.90 Å². The van der Waals surface area contributed by atoms with E-state index in [0.717, 1.165) is 32.4 Å². The molecule has 0 amide bonds. The summed E-state index contributed by atoms with van der Waals surface area (Å²) in [7, 11) is 0. The molecule has 1 saturated heterocycles. The van der Waals surface area contributed by atoms with Gasteiger partial charge in [0.05, 0.1) is 12.0 Å². The summed E-state index contributed by atoms with van der Waals surface area (Å²) in [6.07, 6.45) is 2.39. The van der Waals surface area contributed by atoms with Crippen LogP contribution >= 0.6 is 0 Å². The molecule has 4 heteroatoms. The van der Waals surface area contributed by atoms with Gasteiger partial charge < -0.3 is 15.1 Å². The van der Waals surface area contributed by atoms with Gasteiger partial charge in [-0.1, -0.05) is 6.92 Å². The van der Waals surface area contributed by atoms with Crippen molar-refractivity contribution in [2.75, 3.05) is 19.6 Å². The van der Waals surface area contributed by atoms with Gasteiger partial charge in [-0.2, -0.15) is 0 Å². The van der Waals surface area contributed by atoms with Crippen LogP contribution in [0.5, 0.6) is 0 Å². The molecule has 1 rings (SSSR count). The molecule has 1 aliphatic heterocycles. The number of aliphatic hydroxyl groups is 1. The monoisotopic (exact) mass is 201 g/mol. The summed E-state index contributed by atoms with van der Waals surface area (Å²) in [6.45, 7) is 4.05. The average molecular weight is 201 g/mol. The molecule has 4 nitrogen and oxygen atoms in total. The molecule has 0 spiro atoms. The van der Waals surface area contributed by atoms with Gasteiger partial charge >= 0.3 is 5.97 Å². The lowest BCUT2D eigenvalue weighted by molar-refractivity contribution is -0.141. The second-order valence-electron chi connectivity index (χ2n) is 4.12. The molecule has 0 saturated carbocycles. The number of carboxylic acids is 1. The molecule has 0 aromatic carbocycles. The molecular weight excluding hydrogens is 182 g/mol. The van der Waals surface area contributed by atoms with Crippen LogP contribution in [0.1, 0.15) is 26.2 Å². The van der Waals surface area contributed by atoms with Crippen molar-refractivity contribution in [2.45, 2.75) is 32.3 Å². The van der Waals surface area contributed by atoms with Gasteiger partial charge in [0.1, 0.15) is 0 Å². The minimum atomic E-state index is -0.741. The van der Waals surface area contributed by atoms with Crippen LogP contribution in [-0.4, -0.2) is 46.8 Å². The fourth-order valence-corrected chi connectivity index (χ4v) is 1.79. The SMILES string of the molecule is CC(CN1CCCC(O)CC1)C(=O)O. The van der Waals surface area contributed by atoms with E-state index in [1.807, 2.05) is 0 Å². The molecule has 1 heterocycles. The zero-order valence-electron chi connectivity index (χ0n) is 8.65. The summed E-state index contributed by atoms with van der Waals surface area (Å²) < 4.78 is 0. The summed E-state index contributed by atoms with van der Waals surface area (Å²) in [5.41, 5.74) is 0. The molecule has 2 atom stereocenters. The summed E-state index contributed by atoms with van der Waals surface area (Å²) in [4.78, 5) is 12.8. The number of rotatable bonds is 3. The van der Waals surface area contributed by atoms with Gasteiger partial charge in [-0.05, 0) is 25.8 Å². The van der Waals surface area contributed by atoms with Crippen molar-refractivity contribution in [3.8, 4) is 0 Å². The van der Waals surface area contributed by atoms with Gasteiger partial charge in [-0.25, -0.2) is 0 Å². The van der Waals surface area contributed by atoms with Crippen LogP contribution in [0.15, 0.2) is 0 Å². The second-order valence-corrected chi connectivity index (χ2v) is 4.12. The van der Waals surface area contributed by atoms with Crippen LogP contribution in [0.25, 0.3) is 0 Å². The van der Waals surface area contributed by atoms with Crippen LogP contribution < -0.4 is 0 Å². The topological polar surface area (TPSA) is 60.8 Å². The number of aliphatic hydroxyl groups excluding tert-OH is 1. The molecule has 0 bridgehead atoms. The van der Waals surface area contributed by atoms with E-state index >= 15 is 0 Å². The van der Waals surface area contributed by atoms with Gasteiger partial charge in [-0.3, -0.25) is 4.79 Å². The first-order valence-corrected chi connectivity index (χ1v) is 5.23. The summed E-state index contributed by atoms with van der Waals surface area (Å²) in [5.74, 6) is -1.06. The number of nitrogens with zero attached hydrogens (tertiary/aromatic N) is 1. The Hall–Kier alpha value is -0.610. The number of aliphatic carboxylic acids is 1. The molecule has 82 valence electrons. The zero-order chi connectivity index (χ0) is 10.6. The third-order valence-electron chi connectivity index (χ3n) is 2.74. The van der Waals surface area contributed by atoms with Crippen LogP contribution in [0, 0.1) is 5.92 Å². The van der Waals surface area contributed by atoms with Crippen LogP contribution in [0.3, 0.4) is 0 Å². The van der Waals surface area contributed by atoms with Crippen molar-refractivity contribution in [3.05, 3.63) is 0 Å². The van der Waals surface area contributed by atoms with E-state index in [2.05, 4.69) is 4.90 Å². The highest BCUT2D eigenvalue weighted by molar-refractivity contribution is 5.69. The number of carboxylic acid groups (broad SMARTS) is 1. The van der Waals surface area contributed by atoms with E-state index in [4.69, 9.17) is 5.11 Å². The highest BCUT2D eigenvalue weighted by Crippen LogP contribution is 2.12. The number of hydrogen-bond donors (Lipinski definition) is 2. The quantitative estimate of drug-likeness (QED) is 0.700. The Kier molecular flexibility index (Phi) is 4.35. The van der Waals surface area contributed by atoms with E-state index in [0.29, 0.717) is 6.54 Å². The van der Waals surface area contributed by atoms with E-state index in [-0.39, 0.29) is 12.0 Å². The van der Waals surface area contributed by atoms with E-state index in [1.54, 1.807) is 6.92 Å². The van der Waals surface area contributed by atoms with Crippen molar-refractivity contribution >= 4 is 5.97 Å². The van der Waals surface area contributed by atoms with Gasteiger partial charge in [0.2, 0.25) is 0 Å². The Morgan fingerprint density at radius 1 is 1.50 bits per heavy atom. The fourth-order valence-electron chi connectivity index (χ4n) is 1.79. The Morgan fingerprint density at radius 2 is 2.21 bits per heavy atom. The van der Waals surface area contributed by atoms with E-state index in [1.165, 1.54) is 0 Å². The van der Waals surface area contributed by atoms with Crippen LogP contribution in [-0.2, 0) is 4.79 Å². The average Bonchev–Trinajstić information content (AvgIpc) is 2.31. The first kappa shape index (κ1) is 11.5. The Balaban J connectivity index is 2.33. The zero-order valence-corrected chi connectivity index (χ0v) is 8.65. The highest BCUT2D eigenvalue weighted by Gasteiger charge is 2.19. The molecule has 1 aliphatic rings. The summed E-state index contributed by atoms with van der Waals surface area (Å²) in [6, 6.07) is 0. The van der Waals surface area contributed by atoms with Gasteiger partial charge in [0, 0.05) is 13.1 Å². The summed E-state index contributed by atoms with van der Waals surface area (Å²) in [5, 5.41) is 18.2. The first-order valence-electron chi connectivity index (χ1n) is 5.23. The molecule has 0 aromatic rings. The van der Waals surface area contributed by atoms with Crippen molar-refractivity contribution in [1.29, 1.82) is 0 Å². The molecule has 2 N–H and O–H groups in total. The predicted octanol–water partition coefficient (Wildman–Crippen LogP) is 0.554. The molecule has 0 aliphatic carbocycles.